The zero-order valence-electron chi connectivity index (χ0n) is 11.3. The summed E-state index contributed by atoms with van der Waals surface area (Å²) >= 11 is 3.29. The molecule has 4 nitrogen and oxygen atoms in total. The Balaban J connectivity index is 2.15. The van der Waals surface area contributed by atoms with E-state index >= 15 is 0 Å². The molecule has 2 rings (SSSR count). The van der Waals surface area contributed by atoms with Crippen LogP contribution in [0.2, 0.25) is 0 Å². The highest BCUT2D eigenvalue weighted by molar-refractivity contribution is 9.10. The fourth-order valence-electron chi connectivity index (χ4n) is 1.66. The second kappa shape index (κ2) is 6.52. The van der Waals surface area contributed by atoms with Crippen LogP contribution in [-0.4, -0.2) is 17.0 Å². The van der Waals surface area contributed by atoms with Gasteiger partial charge in [0.2, 0.25) is 0 Å². The first-order chi connectivity index (χ1) is 9.56. The van der Waals surface area contributed by atoms with Crippen molar-refractivity contribution in [3.05, 3.63) is 52.8 Å². The molecule has 0 fully saturated rings. The van der Waals surface area contributed by atoms with Crippen molar-refractivity contribution < 1.29 is 9.53 Å². The van der Waals surface area contributed by atoms with Gasteiger partial charge in [0.15, 0.2) is 0 Å². The average molecular weight is 335 g/mol. The van der Waals surface area contributed by atoms with E-state index in [1.807, 2.05) is 19.9 Å². The van der Waals surface area contributed by atoms with Gasteiger partial charge in [0.05, 0.1) is 11.8 Å². The van der Waals surface area contributed by atoms with Crippen LogP contribution in [0, 0.1) is 0 Å². The molecule has 1 amide bonds. The number of hydrogen-bond donors (Lipinski definition) is 1. The monoisotopic (exact) mass is 334 g/mol. The Morgan fingerprint density at radius 2 is 2.10 bits per heavy atom. The number of carbonyl (C=O) groups excluding carboxylic acids is 1. The zero-order valence-corrected chi connectivity index (χ0v) is 12.8. The summed E-state index contributed by atoms with van der Waals surface area (Å²) in [7, 11) is 0. The summed E-state index contributed by atoms with van der Waals surface area (Å²) in [6.07, 6.45) is 1.72. The maximum Gasteiger partial charge on any atom is 0.255 e. The SMILES string of the molecule is CC(C)Oc1cccc(C(=O)Nc2cccnc2Br)c1. The number of hydrogen-bond acceptors (Lipinski definition) is 3. The van der Waals surface area contributed by atoms with E-state index in [1.54, 1.807) is 36.5 Å². The van der Waals surface area contributed by atoms with Crippen LogP contribution >= 0.6 is 15.9 Å². The zero-order chi connectivity index (χ0) is 14.5. The third-order valence-electron chi connectivity index (χ3n) is 2.48. The molecule has 0 aliphatic heterocycles. The van der Waals surface area contributed by atoms with Gasteiger partial charge in [-0.2, -0.15) is 0 Å². The number of pyridine rings is 1. The lowest BCUT2D eigenvalue weighted by Gasteiger charge is -2.11. The van der Waals surface area contributed by atoms with Crippen molar-refractivity contribution >= 4 is 27.5 Å². The summed E-state index contributed by atoms with van der Waals surface area (Å²) in [4.78, 5) is 16.2. The van der Waals surface area contributed by atoms with E-state index in [0.29, 0.717) is 21.6 Å². The minimum atomic E-state index is -0.201. The van der Waals surface area contributed by atoms with Gasteiger partial charge in [-0.3, -0.25) is 4.79 Å². The third kappa shape index (κ3) is 3.81. The van der Waals surface area contributed by atoms with Gasteiger partial charge in [-0.15, -0.1) is 0 Å². The minimum absolute atomic E-state index is 0.0702. The van der Waals surface area contributed by atoms with Gasteiger partial charge in [0.25, 0.3) is 5.91 Å². The number of nitrogens with zero attached hydrogens (tertiary/aromatic N) is 1. The van der Waals surface area contributed by atoms with Crippen molar-refractivity contribution in [2.75, 3.05) is 5.32 Å². The van der Waals surface area contributed by atoms with E-state index in [0.717, 1.165) is 0 Å². The molecule has 0 bridgehead atoms. The molecule has 0 unspecified atom stereocenters. The van der Waals surface area contributed by atoms with Crippen LogP contribution in [0.15, 0.2) is 47.2 Å². The molecule has 0 saturated carbocycles. The van der Waals surface area contributed by atoms with Crippen molar-refractivity contribution in [2.24, 2.45) is 0 Å². The number of anilines is 1. The Hall–Kier alpha value is -1.88. The van der Waals surface area contributed by atoms with Gasteiger partial charge in [-0.25, -0.2) is 4.98 Å². The molecule has 1 heterocycles. The maximum atomic E-state index is 12.2. The van der Waals surface area contributed by atoms with Crippen LogP contribution in [0.1, 0.15) is 24.2 Å². The number of nitrogens with one attached hydrogen (secondary N) is 1. The van der Waals surface area contributed by atoms with Gasteiger partial charge in [0, 0.05) is 11.8 Å². The Bertz CT molecular complexity index is 614. The van der Waals surface area contributed by atoms with E-state index in [2.05, 4.69) is 26.2 Å². The van der Waals surface area contributed by atoms with E-state index in [-0.39, 0.29) is 12.0 Å². The molecule has 1 N–H and O–H groups in total. The van der Waals surface area contributed by atoms with Gasteiger partial charge in [0.1, 0.15) is 10.4 Å². The molecule has 1 aromatic heterocycles. The quantitative estimate of drug-likeness (QED) is 0.863. The molecule has 0 aliphatic carbocycles. The topological polar surface area (TPSA) is 51.2 Å². The van der Waals surface area contributed by atoms with Crippen LogP contribution in [-0.2, 0) is 0 Å². The molecule has 0 radical (unpaired) electrons. The predicted molar refractivity (Wildman–Crippen MR) is 82.1 cm³/mol. The number of benzene rings is 1. The lowest BCUT2D eigenvalue weighted by atomic mass is 10.2. The first-order valence-corrected chi connectivity index (χ1v) is 7.04. The molecule has 0 spiro atoms. The fraction of sp³-hybridized carbons (Fsp3) is 0.200. The van der Waals surface area contributed by atoms with Gasteiger partial charge >= 0.3 is 0 Å². The molecule has 2 aromatic rings. The molecule has 0 saturated heterocycles. The molecular formula is C15H15BrN2O2. The molecule has 0 atom stereocenters. The van der Waals surface area contributed by atoms with Crippen molar-refractivity contribution in [1.29, 1.82) is 0 Å². The lowest BCUT2D eigenvalue weighted by Crippen LogP contribution is -2.13. The van der Waals surface area contributed by atoms with E-state index in [1.165, 1.54) is 0 Å². The molecule has 5 heteroatoms. The summed E-state index contributed by atoms with van der Waals surface area (Å²) < 4.78 is 6.18. The van der Waals surface area contributed by atoms with Gasteiger partial charge < -0.3 is 10.1 Å². The number of amides is 1. The van der Waals surface area contributed by atoms with Crippen LogP contribution in [0.25, 0.3) is 0 Å². The Labute approximate surface area is 126 Å². The highest BCUT2D eigenvalue weighted by atomic mass is 79.9. The van der Waals surface area contributed by atoms with Crippen molar-refractivity contribution in [3.8, 4) is 5.75 Å². The van der Waals surface area contributed by atoms with Crippen LogP contribution in [0.5, 0.6) is 5.75 Å². The summed E-state index contributed by atoms with van der Waals surface area (Å²) in [6, 6.07) is 10.6. The maximum absolute atomic E-state index is 12.2. The highest BCUT2D eigenvalue weighted by Crippen LogP contribution is 2.20. The Kier molecular flexibility index (Phi) is 4.74. The standard InChI is InChI=1S/C15H15BrN2O2/c1-10(2)20-12-6-3-5-11(9-12)15(19)18-13-7-4-8-17-14(13)16/h3-10H,1-2H3,(H,18,19). The van der Waals surface area contributed by atoms with Crippen molar-refractivity contribution in [2.45, 2.75) is 20.0 Å². The Morgan fingerprint density at radius 3 is 2.80 bits per heavy atom. The smallest absolute Gasteiger partial charge is 0.255 e. The van der Waals surface area contributed by atoms with Crippen molar-refractivity contribution in [1.82, 2.24) is 4.98 Å². The lowest BCUT2D eigenvalue weighted by molar-refractivity contribution is 0.102. The van der Waals surface area contributed by atoms with Crippen LogP contribution < -0.4 is 10.1 Å². The Morgan fingerprint density at radius 1 is 1.30 bits per heavy atom. The van der Waals surface area contributed by atoms with Gasteiger partial charge in [-0.1, -0.05) is 6.07 Å². The van der Waals surface area contributed by atoms with E-state index < -0.39 is 0 Å². The van der Waals surface area contributed by atoms with Crippen LogP contribution in [0.4, 0.5) is 5.69 Å². The van der Waals surface area contributed by atoms with Crippen LogP contribution in [0.3, 0.4) is 0 Å². The van der Waals surface area contributed by atoms with E-state index in [9.17, 15) is 4.79 Å². The molecular weight excluding hydrogens is 320 g/mol. The predicted octanol–water partition coefficient (Wildman–Crippen LogP) is 3.88. The number of ether oxygens (including phenoxy) is 1. The van der Waals surface area contributed by atoms with E-state index in [4.69, 9.17) is 4.74 Å². The first-order valence-electron chi connectivity index (χ1n) is 6.25. The largest absolute Gasteiger partial charge is 0.491 e. The molecule has 20 heavy (non-hydrogen) atoms. The molecule has 1 aromatic carbocycles. The fourth-order valence-corrected chi connectivity index (χ4v) is 2.01. The summed E-state index contributed by atoms with van der Waals surface area (Å²) in [5.74, 6) is 0.478. The first kappa shape index (κ1) is 14.5. The molecule has 0 aliphatic rings. The number of rotatable bonds is 4. The summed E-state index contributed by atoms with van der Waals surface area (Å²) in [5.41, 5.74) is 1.17. The third-order valence-corrected chi connectivity index (χ3v) is 3.11. The average Bonchev–Trinajstić information content (AvgIpc) is 2.41. The normalized spacial score (nSPS) is 10.4. The highest BCUT2D eigenvalue weighted by Gasteiger charge is 2.09. The molecule has 104 valence electrons. The number of halogens is 1. The summed E-state index contributed by atoms with van der Waals surface area (Å²) in [5, 5.41) is 2.80. The summed E-state index contributed by atoms with van der Waals surface area (Å²) in [6.45, 7) is 3.89. The number of aromatic nitrogens is 1. The second-order valence-corrected chi connectivity index (χ2v) is 5.24. The van der Waals surface area contributed by atoms with Gasteiger partial charge in [-0.05, 0) is 60.1 Å². The number of carbonyl (C=O) groups is 1. The second-order valence-electron chi connectivity index (χ2n) is 4.49. The van der Waals surface area contributed by atoms with Crippen molar-refractivity contribution in [3.63, 3.8) is 0 Å². The minimum Gasteiger partial charge on any atom is -0.491 e.